The molecule has 1 fully saturated rings. The van der Waals surface area contributed by atoms with Crippen molar-refractivity contribution in [2.24, 2.45) is 5.73 Å². The van der Waals surface area contributed by atoms with Crippen molar-refractivity contribution in [1.29, 1.82) is 0 Å². The molecule has 1 aromatic heterocycles. The SMILES string of the molecule is CC(C)(C)c1ccc(S(=O)(=O)N2CCCC(Oc3ccnc(C(N)=O)c3)C2)cc1. The lowest BCUT2D eigenvalue weighted by atomic mass is 9.87. The van der Waals surface area contributed by atoms with Gasteiger partial charge < -0.3 is 10.5 Å². The molecule has 1 aliphatic rings. The summed E-state index contributed by atoms with van der Waals surface area (Å²) in [6, 6.07) is 10.2. The number of sulfonamides is 1. The fraction of sp³-hybridized carbons (Fsp3) is 0.429. The average molecular weight is 418 g/mol. The normalized spacial score (nSPS) is 18.4. The number of pyridine rings is 1. The first-order valence-electron chi connectivity index (χ1n) is 9.60. The second-order valence-electron chi connectivity index (χ2n) is 8.26. The van der Waals surface area contributed by atoms with E-state index in [4.69, 9.17) is 10.5 Å². The van der Waals surface area contributed by atoms with E-state index in [1.807, 2.05) is 12.1 Å². The summed E-state index contributed by atoms with van der Waals surface area (Å²) in [6.45, 7) is 6.97. The van der Waals surface area contributed by atoms with Crippen LogP contribution in [0.3, 0.4) is 0 Å². The van der Waals surface area contributed by atoms with Gasteiger partial charge in [-0.05, 0) is 42.0 Å². The van der Waals surface area contributed by atoms with Gasteiger partial charge in [-0.15, -0.1) is 0 Å². The van der Waals surface area contributed by atoms with Crippen LogP contribution in [0.25, 0.3) is 0 Å². The number of nitrogens with two attached hydrogens (primary N) is 1. The van der Waals surface area contributed by atoms with Gasteiger partial charge in [0.1, 0.15) is 17.5 Å². The summed E-state index contributed by atoms with van der Waals surface area (Å²) in [6.07, 6.45) is 2.56. The highest BCUT2D eigenvalue weighted by Crippen LogP contribution is 2.27. The molecule has 0 spiro atoms. The molecule has 1 amide bonds. The molecule has 3 rings (SSSR count). The molecule has 0 aliphatic carbocycles. The Hall–Kier alpha value is -2.45. The maximum Gasteiger partial charge on any atom is 0.267 e. The fourth-order valence-electron chi connectivity index (χ4n) is 3.31. The molecule has 156 valence electrons. The molecule has 1 aliphatic heterocycles. The van der Waals surface area contributed by atoms with E-state index in [9.17, 15) is 13.2 Å². The van der Waals surface area contributed by atoms with Crippen molar-refractivity contribution in [1.82, 2.24) is 9.29 Å². The van der Waals surface area contributed by atoms with E-state index in [2.05, 4.69) is 25.8 Å². The highest BCUT2D eigenvalue weighted by atomic mass is 32.2. The molecule has 1 atom stereocenters. The number of primary amides is 1. The number of rotatable bonds is 5. The van der Waals surface area contributed by atoms with Crippen molar-refractivity contribution >= 4 is 15.9 Å². The molecular formula is C21H27N3O4S. The van der Waals surface area contributed by atoms with Crippen molar-refractivity contribution < 1.29 is 17.9 Å². The molecule has 0 bridgehead atoms. The summed E-state index contributed by atoms with van der Waals surface area (Å²) in [4.78, 5) is 15.5. The quantitative estimate of drug-likeness (QED) is 0.806. The summed E-state index contributed by atoms with van der Waals surface area (Å²) in [5.41, 5.74) is 6.41. The predicted octanol–water partition coefficient (Wildman–Crippen LogP) is 2.71. The highest BCUT2D eigenvalue weighted by Gasteiger charge is 2.31. The summed E-state index contributed by atoms with van der Waals surface area (Å²) < 4.78 is 33.6. The Morgan fingerprint density at radius 3 is 2.52 bits per heavy atom. The lowest BCUT2D eigenvalue weighted by Gasteiger charge is -2.32. The molecule has 8 heteroatoms. The van der Waals surface area contributed by atoms with E-state index >= 15 is 0 Å². The zero-order valence-electron chi connectivity index (χ0n) is 17.0. The van der Waals surface area contributed by atoms with Crippen LogP contribution in [-0.2, 0) is 15.4 Å². The molecule has 29 heavy (non-hydrogen) atoms. The van der Waals surface area contributed by atoms with Gasteiger partial charge in [0.25, 0.3) is 5.91 Å². The van der Waals surface area contributed by atoms with Gasteiger partial charge in [-0.1, -0.05) is 32.9 Å². The summed E-state index contributed by atoms with van der Waals surface area (Å²) in [5.74, 6) is -0.186. The van der Waals surface area contributed by atoms with Crippen LogP contribution in [0.15, 0.2) is 47.5 Å². The zero-order chi connectivity index (χ0) is 21.2. The van der Waals surface area contributed by atoms with Gasteiger partial charge >= 0.3 is 0 Å². The number of ether oxygens (including phenoxy) is 1. The lowest BCUT2D eigenvalue weighted by Crippen LogP contribution is -2.44. The Balaban J connectivity index is 1.74. The van der Waals surface area contributed by atoms with Crippen LogP contribution in [0.1, 0.15) is 49.7 Å². The van der Waals surface area contributed by atoms with E-state index < -0.39 is 15.9 Å². The van der Waals surface area contributed by atoms with Crippen molar-refractivity contribution in [2.75, 3.05) is 13.1 Å². The molecule has 1 unspecified atom stereocenters. The Labute approximate surface area is 171 Å². The maximum atomic E-state index is 13.1. The smallest absolute Gasteiger partial charge is 0.267 e. The number of amides is 1. The number of piperidine rings is 1. The maximum absolute atomic E-state index is 13.1. The number of benzene rings is 1. The highest BCUT2D eigenvalue weighted by molar-refractivity contribution is 7.89. The molecule has 7 nitrogen and oxygen atoms in total. The Morgan fingerprint density at radius 1 is 1.21 bits per heavy atom. The zero-order valence-corrected chi connectivity index (χ0v) is 17.8. The molecule has 2 heterocycles. The second-order valence-corrected chi connectivity index (χ2v) is 10.2. The molecule has 1 saturated heterocycles. The summed E-state index contributed by atoms with van der Waals surface area (Å²) >= 11 is 0. The molecule has 2 aromatic rings. The van der Waals surface area contributed by atoms with Gasteiger partial charge in [0.05, 0.1) is 11.4 Å². The van der Waals surface area contributed by atoms with E-state index in [1.54, 1.807) is 18.2 Å². The third-order valence-corrected chi connectivity index (χ3v) is 6.86. The Kier molecular flexibility index (Phi) is 5.95. The van der Waals surface area contributed by atoms with Gasteiger partial charge in [-0.25, -0.2) is 8.42 Å². The molecule has 2 N–H and O–H groups in total. The Bertz CT molecular complexity index is 982. The monoisotopic (exact) mass is 417 g/mol. The van der Waals surface area contributed by atoms with Crippen LogP contribution in [0.5, 0.6) is 5.75 Å². The first kappa shape index (κ1) is 21.3. The number of hydrogen-bond donors (Lipinski definition) is 1. The van der Waals surface area contributed by atoms with Gasteiger partial charge in [0.15, 0.2) is 0 Å². The third kappa shape index (κ3) is 4.94. The molecule has 0 radical (unpaired) electrons. The van der Waals surface area contributed by atoms with Crippen molar-refractivity contribution in [3.05, 3.63) is 53.9 Å². The molecular weight excluding hydrogens is 390 g/mol. The first-order chi connectivity index (χ1) is 13.6. The van der Waals surface area contributed by atoms with Crippen LogP contribution in [-0.4, -0.2) is 42.8 Å². The Morgan fingerprint density at radius 2 is 1.90 bits per heavy atom. The largest absolute Gasteiger partial charge is 0.489 e. The van der Waals surface area contributed by atoms with Crippen molar-refractivity contribution in [2.45, 2.75) is 50.0 Å². The van der Waals surface area contributed by atoms with Crippen LogP contribution in [0.2, 0.25) is 0 Å². The lowest BCUT2D eigenvalue weighted by molar-refractivity contribution is 0.0993. The number of nitrogens with zero attached hydrogens (tertiary/aromatic N) is 2. The van der Waals surface area contributed by atoms with E-state index in [1.165, 1.54) is 16.6 Å². The number of carbonyl (C=O) groups excluding carboxylic acids is 1. The van der Waals surface area contributed by atoms with E-state index in [0.29, 0.717) is 18.7 Å². The fourth-order valence-corrected chi connectivity index (χ4v) is 4.82. The van der Waals surface area contributed by atoms with Crippen LogP contribution in [0.4, 0.5) is 0 Å². The number of hydrogen-bond acceptors (Lipinski definition) is 5. The number of aromatic nitrogens is 1. The third-order valence-electron chi connectivity index (χ3n) is 4.99. The number of carbonyl (C=O) groups is 1. The van der Waals surface area contributed by atoms with Gasteiger partial charge in [0.2, 0.25) is 10.0 Å². The minimum Gasteiger partial charge on any atom is -0.489 e. The van der Waals surface area contributed by atoms with E-state index in [-0.39, 0.29) is 28.7 Å². The predicted molar refractivity (Wildman–Crippen MR) is 110 cm³/mol. The minimum atomic E-state index is -3.60. The summed E-state index contributed by atoms with van der Waals surface area (Å²) in [5, 5.41) is 0. The minimum absolute atomic E-state index is 0.0410. The van der Waals surface area contributed by atoms with Gasteiger partial charge in [-0.3, -0.25) is 9.78 Å². The molecule has 0 saturated carbocycles. The van der Waals surface area contributed by atoms with Gasteiger partial charge in [0, 0.05) is 18.8 Å². The average Bonchev–Trinajstić information content (AvgIpc) is 2.68. The first-order valence-corrected chi connectivity index (χ1v) is 11.0. The van der Waals surface area contributed by atoms with Crippen molar-refractivity contribution in [3.63, 3.8) is 0 Å². The summed E-state index contributed by atoms with van der Waals surface area (Å²) in [7, 11) is -3.60. The topological polar surface area (TPSA) is 103 Å². The second kappa shape index (κ2) is 8.12. The van der Waals surface area contributed by atoms with Crippen LogP contribution >= 0.6 is 0 Å². The molecule has 1 aromatic carbocycles. The van der Waals surface area contributed by atoms with Crippen LogP contribution < -0.4 is 10.5 Å². The van der Waals surface area contributed by atoms with Crippen LogP contribution in [0, 0.1) is 0 Å². The van der Waals surface area contributed by atoms with Gasteiger partial charge in [-0.2, -0.15) is 4.31 Å². The van der Waals surface area contributed by atoms with Crippen molar-refractivity contribution in [3.8, 4) is 5.75 Å². The standard InChI is InChI=1S/C21H27N3O4S/c1-21(2,3)15-6-8-18(9-7-15)29(26,27)24-12-4-5-17(14-24)28-16-10-11-23-19(13-16)20(22)25/h6-11,13,17H,4-5,12,14H2,1-3H3,(H2,22,25). The van der Waals surface area contributed by atoms with E-state index in [0.717, 1.165) is 12.0 Å².